The number of thiophene rings is 1. The van der Waals surface area contributed by atoms with Crippen LogP contribution in [-0.2, 0) is 23.4 Å². The molecule has 0 saturated carbocycles. The summed E-state index contributed by atoms with van der Waals surface area (Å²) in [5.74, 6) is 1.52. The monoisotopic (exact) mass is 389 g/mol. The molecule has 0 aromatic carbocycles. The molecule has 0 saturated heterocycles. The van der Waals surface area contributed by atoms with E-state index in [1.165, 1.54) is 28.6 Å². The average Bonchev–Trinajstić information content (AvgIpc) is 3.00. The standard InChI is InChI=1S/C19H23N3O2S2/c1-3-9-22(10-4-2)16(23)12-25-11-15-20-18(24)17-13-7-5-6-8-14(13)26-19(17)21-15/h3-4H,1-2,5-12H2,(H,20,21,24). The van der Waals surface area contributed by atoms with E-state index < -0.39 is 0 Å². The summed E-state index contributed by atoms with van der Waals surface area (Å²) in [6.45, 7) is 8.37. The van der Waals surface area contributed by atoms with Crippen LogP contribution in [0.3, 0.4) is 0 Å². The van der Waals surface area contributed by atoms with E-state index in [0.29, 0.717) is 30.4 Å². The summed E-state index contributed by atoms with van der Waals surface area (Å²) < 4.78 is 0. The number of carbonyl (C=O) groups excluding carboxylic acids is 1. The van der Waals surface area contributed by atoms with Crippen molar-refractivity contribution in [3.05, 3.63) is 51.9 Å². The van der Waals surface area contributed by atoms with Crippen molar-refractivity contribution in [1.82, 2.24) is 14.9 Å². The molecule has 1 N–H and O–H groups in total. The fourth-order valence-electron chi connectivity index (χ4n) is 3.19. The number of nitrogens with zero attached hydrogens (tertiary/aromatic N) is 2. The first kappa shape index (κ1) is 18.9. The zero-order chi connectivity index (χ0) is 18.5. The highest BCUT2D eigenvalue weighted by Gasteiger charge is 2.20. The number of hydrogen-bond acceptors (Lipinski definition) is 5. The molecule has 26 heavy (non-hydrogen) atoms. The van der Waals surface area contributed by atoms with Gasteiger partial charge in [0, 0.05) is 18.0 Å². The summed E-state index contributed by atoms with van der Waals surface area (Å²) in [4.78, 5) is 36.1. The minimum Gasteiger partial charge on any atom is -0.335 e. The molecule has 0 radical (unpaired) electrons. The second-order valence-electron chi connectivity index (χ2n) is 6.27. The lowest BCUT2D eigenvalue weighted by atomic mass is 9.97. The van der Waals surface area contributed by atoms with Crippen LogP contribution in [0.4, 0.5) is 0 Å². The molecule has 0 aliphatic heterocycles. The van der Waals surface area contributed by atoms with Gasteiger partial charge in [0.2, 0.25) is 5.91 Å². The Bertz CT molecular complexity index is 875. The Hall–Kier alpha value is -1.86. The van der Waals surface area contributed by atoms with E-state index in [1.807, 2.05) is 0 Å². The van der Waals surface area contributed by atoms with Gasteiger partial charge in [-0.25, -0.2) is 4.98 Å². The molecule has 0 bridgehead atoms. The van der Waals surface area contributed by atoms with Gasteiger partial charge < -0.3 is 9.88 Å². The van der Waals surface area contributed by atoms with Gasteiger partial charge in [-0.05, 0) is 31.2 Å². The predicted octanol–water partition coefficient (Wildman–Crippen LogP) is 3.30. The van der Waals surface area contributed by atoms with Crippen LogP contribution in [0.2, 0.25) is 0 Å². The lowest BCUT2D eigenvalue weighted by Gasteiger charge is -2.18. The molecule has 0 fully saturated rings. The van der Waals surface area contributed by atoms with Crippen molar-refractivity contribution in [2.24, 2.45) is 0 Å². The van der Waals surface area contributed by atoms with Gasteiger partial charge in [-0.3, -0.25) is 9.59 Å². The summed E-state index contributed by atoms with van der Waals surface area (Å²) in [7, 11) is 0. The number of aromatic amines is 1. The molecule has 2 heterocycles. The van der Waals surface area contributed by atoms with E-state index in [-0.39, 0.29) is 11.5 Å². The molecule has 0 atom stereocenters. The van der Waals surface area contributed by atoms with E-state index in [4.69, 9.17) is 0 Å². The molecule has 0 unspecified atom stereocenters. The number of amides is 1. The molecule has 2 aromatic rings. The van der Waals surface area contributed by atoms with Crippen molar-refractivity contribution in [3.8, 4) is 0 Å². The lowest BCUT2D eigenvalue weighted by Crippen LogP contribution is -2.32. The van der Waals surface area contributed by atoms with Crippen molar-refractivity contribution in [2.75, 3.05) is 18.8 Å². The van der Waals surface area contributed by atoms with Crippen molar-refractivity contribution in [3.63, 3.8) is 0 Å². The van der Waals surface area contributed by atoms with Gasteiger partial charge in [-0.2, -0.15) is 0 Å². The van der Waals surface area contributed by atoms with Crippen LogP contribution in [0.1, 0.15) is 29.1 Å². The fourth-order valence-corrected chi connectivity index (χ4v) is 5.26. The summed E-state index contributed by atoms with van der Waals surface area (Å²) in [5.41, 5.74) is 1.15. The van der Waals surface area contributed by atoms with Gasteiger partial charge in [-0.1, -0.05) is 12.2 Å². The van der Waals surface area contributed by atoms with Gasteiger partial charge in [0.1, 0.15) is 10.7 Å². The van der Waals surface area contributed by atoms with Crippen LogP contribution in [0.25, 0.3) is 10.2 Å². The molecule has 0 spiro atoms. The highest BCUT2D eigenvalue weighted by atomic mass is 32.2. The van der Waals surface area contributed by atoms with Crippen molar-refractivity contribution in [2.45, 2.75) is 31.4 Å². The average molecular weight is 390 g/mol. The van der Waals surface area contributed by atoms with Gasteiger partial charge in [-0.15, -0.1) is 36.3 Å². The zero-order valence-electron chi connectivity index (χ0n) is 14.8. The largest absolute Gasteiger partial charge is 0.335 e. The van der Waals surface area contributed by atoms with Crippen molar-refractivity contribution in [1.29, 1.82) is 0 Å². The molecule has 1 aliphatic rings. The Morgan fingerprint density at radius 1 is 1.27 bits per heavy atom. The van der Waals surface area contributed by atoms with E-state index in [1.54, 1.807) is 28.4 Å². The second kappa shape index (κ2) is 8.68. The Balaban J connectivity index is 1.68. The highest BCUT2D eigenvalue weighted by molar-refractivity contribution is 7.99. The number of aryl methyl sites for hydroxylation is 2. The summed E-state index contributed by atoms with van der Waals surface area (Å²) in [6, 6.07) is 0. The van der Waals surface area contributed by atoms with Gasteiger partial charge in [0.15, 0.2) is 0 Å². The summed E-state index contributed by atoms with van der Waals surface area (Å²) in [6.07, 6.45) is 7.77. The van der Waals surface area contributed by atoms with E-state index in [0.717, 1.165) is 29.5 Å². The van der Waals surface area contributed by atoms with E-state index >= 15 is 0 Å². The van der Waals surface area contributed by atoms with Gasteiger partial charge in [0.25, 0.3) is 5.56 Å². The Labute approximate surface area is 161 Å². The molecular formula is C19H23N3O2S2. The van der Waals surface area contributed by atoms with Crippen LogP contribution >= 0.6 is 23.1 Å². The predicted molar refractivity (Wildman–Crippen MR) is 110 cm³/mol. The molecule has 5 nitrogen and oxygen atoms in total. The number of H-pyrrole nitrogens is 1. The van der Waals surface area contributed by atoms with E-state index in [2.05, 4.69) is 23.1 Å². The molecule has 7 heteroatoms. The highest BCUT2D eigenvalue weighted by Crippen LogP contribution is 2.33. The Kier molecular flexibility index (Phi) is 6.32. The van der Waals surface area contributed by atoms with Gasteiger partial charge in [0.05, 0.1) is 16.9 Å². The number of rotatable bonds is 8. The number of thioether (sulfide) groups is 1. The van der Waals surface area contributed by atoms with Crippen LogP contribution in [0, 0.1) is 0 Å². The van der Waals surface area contributed by atoms with Crippen molar-refractivity contribution >= 4 is 39.2 Å². The summed E-state index contributed by atoms with van der Waals surface area (Å²) >= 11 is 3.11. The Morgan fingerprint density at radius 2 is 2.00 bits per heavy atom. The maximum Gasteiger partial charge on any atom is 0.259 e. The topological polar surface area (TPSA) is 66.1 Å². The maximum atomic E-state index is 12.5. The minimum atomic E-state index is -0.0451. The maximum absolute atomic E-state index is 12.5. The molecule has 1 amide bonds. The summed E-state index contributed by atoms with van der Waals surface area (Å²) in [5, 5.41) is 0.776. The first-order valence-electron chi connectivity index (χ1n) is 8.74. The number of carbonyl (C=O) groups is 1. The first-order chi connectivity index (χ1) is 12.6. The van der Waals surface area contributed by atoms with Crippen LogP contribution in [0.15, 0.2) is 30.1 Å². The number of hydrogen-bond donors (Lipinski definition) is 1. The smallest absolute Gasteiger partial charge is 0.259 e. The number of aromatic nitrogens is 2. The Morgan fingerprint density at radius 3 is 2.73 bits per heavy atom. The molecule has 3 rings (SSSR count). The molecular weight excluding hydrogens is 366 g/mol. The normalized spacial score (nSPS) is 13.4. The van der Waals surface area contributed by atoms with Crippen LogP contribution in [0.5, 0.6) is 0 Å². The third kappa shape index (κ3) is 4.10. The second-order valence-corrected chi connectivity index (χ2v) is 8.34. The quantitative estimate of drug-likeness (QED) is 0.704. The zero-order valence-corrected chi connectivity index (χ0v) is 16.4. The third-order valence-corrected chi connectivity index (χ3v) is 6.50. The van der Waals surface area contributed by atoms with Gasteiger partial charge >= 0.3 is 0 Å². The SMILES string of the molecule is C=CCN(CC=C)C(=O)CSCc1nc2sc3c(c2c(=O)[nH]1)CCCC3. The fraction of sp³-hybridized carbons (Fsp3) is 0.421. The lowest BCUT2D eigenvalue weighted by molar-refractivity contribution is -0.127. The number of fused-ring (bicyclic) bond motifs is 3. The first-order valence-corrected chi connectivity index (χ1v) is 10.7. The third-order valence-electron chi connectivity index (χ3n) is 4.39. The molecule has 138 valence electrons. The molecule has 2 aromatic heterocycles. The van der Waals surface area contributed by atoms with Crippen LogP contribution in [-0.4, -0.2) is 39.6 Å². The minimum absolute atomic E-state index is 0.0322. The van der Waals surface area contributed by atoms with E-state index in [9.17, 15) is 9.59 Å². The molecule has 1 aliphatic carbocycles. The van der Waals surface area contributed by atoms with Crippen LogP contribution < -0.4 is 5.56 Å². The van der Waals surface area contributed by atoms with Crippen molar-refractivity contribution < 1.29 is 4.79 Å². The number of nitrogens with one attached hydrogen (secondary N) is 1.